The number of hydrogen-bond acceptors (Lipinski definition) is 6. The summed E-state index contributed by atoms with van der Waals surface area (Å²) >= 11 is 0. The molecule has 0 saturated heterocycles. The fourth-order valence-electron chi connectivity index (χ4n) is 9.92. The number of unbranched alkanes of at least 4 members (excludes halogenated alkanes) is 39. The lowest BCUT2D eigenvalue weighted by Crippen LogP contribution is -2.30. The molecule has 0 heterocycles. The highest BCUT2D eigenvalue weighted by molar-refractivity contribution is 5.71. The summed E-state index contributed by atoms with van der Waals surface area (Å²) < 4.78 is 16.8. The van der Waals surface area contributed by atoms with E-state index in [4.69, 9.17) is 14.2 Å². The number of ether oxygens (including phenoxy) is 3. The van der Waals surface area contributed by atoms with E-state index < -0.39 is 6.10 Å². The molecule has 0 aliphatic rings. The summed E-state index contributed by atoms with van der Waals surface area (Å²) in [4.78, 5) is 38.1. The van der Waals surface area contributed by atoms with Gasteiger partial charge in [0.25, 0.3) is 0 Å². The maximum Gasteiger partial charge on any atom is 0.306 e. The first-order valence-electron chi connectivity index (χ1n) is 33.9. The van der Waals surface area contributed by atoms with Gasteiger partial charge in [-0.25, -0.2) is 0 Å². The third kappa shape index (κ3) is 63.7. The number of rotatable bonds is 62. The van der Waals surface area contributed by atoms with Gasteiger partial charge in [0.05, 0.1) is 0 Å². The van der Waals surface area contributed by atoms with Gasteiger partial charge in [-0.3, -0.25) is 14.4 Å². The van der Waals surface area contributed by atoms with Crippen LogP contribution in [0.3, 0.4) is 0 Å². The molecule has 0 amide bonds. The lowest BCUT2D eigenvalue weighted by atomic mass is 10.0. The Hall–Kier alpha value is -3.15. The number of carbonyl (C=O) groups is 3. The summed E-state index contributed by atoms with van der Waals surface area (Å²) in [6.45, 7) is 6.51. The predicted molar refractivity (Wildman–Crippen MR) is 339 cm³/mol. The second-order valence-electron chi connectivity index (χ2n) is 22.7. The lowest BCUT2D eigenvalue weighted by Gasteiger charge is -2.18. The van der Waals surface area contributed by atoms with Gasteiger partial charge in [0.15, 0.2) is 6.10 Å². The molecular weight excluding hydrogens is 961 g/mol. The predicted octanol–water partition coefficient (Wildman–Crippen LogP) is 23.3. The highest BCUT2D eigenvalue weighted by atomic mass is 16.6. The van der Waals surface area contributed by atoms with Gasteiger partial charge in [-0.15, -0.1) is 0 Å². The Morgan fingerprint density at radius 1 is 0.269 bits per heavy atom. The highest BCUT2D eigenvalue weighted by Gasteiger charge is 2.19. The summed E-state index contributed by atoms with van der Waals surface area (Å²) in [5, 5.41) is 0. The van der Waals surface area contributed by atoms with Crippen molar-refractivity contribution in [1.82, 2.24) is 0 Å². The van der Waals surface area contributed by atoms with Gasteiger partial charge >= 0.3 is 17.9 Å². The van der Waals surface area contributed by atoms with Crippen LogP contribution in [0.2, 0.25) is 0 Å². The summed E-state index contributed by atoms with van der Waals surface area (Å²) in [6.07, 6.45) is 86.8. The molecular formula is C72H128O6. The number of hydrogen-bond donors (Lipinski definition) is 0. The maximum absolute atomic E-state index is 12.9. The normalized spacial score (nSPS) is 12.5. The second-order valence-corrected chi connectivity index (χ2v) is 22.7. The van der Waals surface area contributed by atoms with Gasteiger partial charge in [0, 0.05) is 19.3 Å². The molecule has 0 bridgehead atoms. The molecule has 6 nitrogen and oxygen atoms in total. The molecule has 0 aromatic carbocycles. The topological polar surface area (TPSA) is 78.9 Å². The van der Waals surface area contributed by atoms with E-state index in [1.807, 2.05) is 0 Å². The molecule has 0 radical (unpaired) electrons. The van der Waals surface area contributed by atoms with Crippen molar-refractivity contribution in [3.05, 3.63) is 72.9 Å². The van der Waals surface area contributed by atoms with Crippen LogP contribution in [-0.4, -0.2) is 37.2 Å². The number of carbonyl (C=O) groups excluding carboxylic acids is 3. The van der Waals surface area contributed by atoms with E-state index in [0.29, 0.717) is 19.3 Å². The fourth-order valence-corrected chi connectivity index (χ4v) is 9.92. The molecule has 0 aliphatic carbocycles. The minimum Gasteiger partial charge on any atom is -0.462 e. The van der Waals surface area contributed by atoms with E-state index in [2.05, 4.69) is 93.7 Å². The van der Waals surface area contributed by atoms with Crippen LogP contribution in [0.25, 0.3) is 0 Å². The molecule has 0 saturated carbocycles. The number of esters is 3. The van der Waals surface area contributed by atoms with Crippen molar-refractivity contribution in [2.75, 3.05) is 13.2 Å². The quantitative estimate of drug-likeness (QED) is 0.0261. The van der Waals surface area contributed by atoms with E-state index in [9.17, 15) is 14.4 Å². The SMILES string of the molecule is CC/C=C\C/C=C\C/C=C\C/C=C\C/C=C\C/C=C\CCCCCCC(=O)OC(COC(=O)CCCCCCCCC)COC(=O)CCCCCCCCCCCCCCCCCCCCCCCCCCCCCCCC. The van der Waals surface area contributed by atoms with Crippen LogP contribution in [-0.2, 0) is 28.6 Å². The van der Waals surface area contributed by atoms with E-state index in [1.165, 1.54) is 199 Å². The third-order valence-electron chi connectivity index (χ3n) is 15.0. The van der Waals surface area contributed by atoms with Crippen LogP contribution in [0, 0.1) is 0 Å². The fraction of sp³-hybridized carbons (Fsp3) is 0.792. The van der Waals surface area contributed by atoms with E-state index in [-0.39, 0.29) is 31.1 Å². The zero-order valence-electron chi connectivity index (χ0n) is 51.9. The van der Waals surface area contributed by atoms with Gasteiger partial charge < -0.3 is 14.2 Å². The molecule has 0 N–H and O–H groups in total. The molecule has 78 heavy (non-hydrogen) atoms. The lowest BCUT2D eigenvalue weighted by molar-refractivity contribution is -0.167. The molecule has 0 aromatic heterocycles. The summed E-state index contributed by atoms with van der Waals surface area (Å²) in [5.41, 5.74) is 0. The van der Waals surface area contributed by atoms with Crippen LogP contribution < -0.4 is 0 Å². The zero-order valence-corrected chi connectivity index (χ0v) is 51.9. The first kappa shape index (κ1) is 74.8. The van der Waals surface area contributed by atoms with Crippen LogP contribution in [0.4, 0.5) is 0 Å². The first-order chi connectivity index (χ1) is 38.5. The average molecular weight is 1090 g/mol. The van der Waals surface area contributed by atoms with Crippen molar-refractivity contribution in [2.24, 2.45) is 0 Å². The summed E-state index contributed by atoms with van der Waals surface area (Å²) in [5.74, 6) is -0.899. The van der Waals surface area contributed by atoms with Crippen LogP contribution >= 0.6 is 0 Å². The van der Waals surface area contributed by atoms with Gasteiger partial charge in [-0.05, 0) is 70.6 Å². The van der Waals surface area contributed by atoms with Crippen LogP contribution in [0.1, 0.15) is 348 Å². The molecule has 0 rings (SSSR count). The van der Waals surface area contributed by atoms with Crippen LogP contribution in [0.15, 0.2) is 72.9 Å². The van der Waals surface area contributed by atoms with E-state index in [1.54, 1.807) is 0 Å². The molecule has 0 aliphatic heterocycles. The Bertz CT molecular complexity index is 1440. The molecule has 0 spiro atoms. The Morgan fingerprint density at radius 2 is 0.500 bits per heavy atom. The van der Waals surface area contributed by atoms with Crippen molar-refractivity contribution in [2.45, 2.75) is 354 Å². The van der Waals surface area contributed by atoms with Crippen molar-refractivity contribution in [1.29, 1.82) is 0 Å². The molecule has 1 atom stereocenters. The Balaban J connectivity index is 4.08. The number of allylic oxidation sites excluding steroid dienone is 12. The summed E-state index contributed by atoms with van der Waals surface area (Å²) in [7, 11) is 0. The monoisotopic (exact) mass is 1090 g/mol. The second kappa shape index (κ2) is 66.4. The molecule has 452 valence electrons. The minimum atomic E-state index is -0.786. The van der Waals surface area contributed by atoms with Gasteiger partial charge in [-0.1, -0.05) is 331 Å². The highest BCUT2D eigenvalue weighted by Crippen LogP contribution is 2.18. The van der Waals surface area contributed by atoms with Crippen molar-refractivity contribution < 1.29 is 28.6 Å². The van der Waals surface area contributed by atoms with E-state index in [0.717, 1.165) is 109 Å². The van der Waals surface area contributed by atoms with Gasteiger partial charge in [0.1, 0.15) is 13.2 Å². The summed E-state index contributed by atoms with van der Waals surface area (Å²) in [6, 6.07) is 0. The van der Waals surface area contributed by atoms with Crippen molar-refractivity contribution >= 4 is 17.9 Å². The zero-order chi connectivity index (χ0) is 56.4. The van der Waals surface area contributed by atoms with Gasteiger partial charge in [0.2, 0.25) is 0 Å². The van der Waals surface area contributed by atoms with E-state index >= 15 is 0 Å². The van der Waals surface area contributed by atoms with Gasteiger partial charge in [-0.2, -0.15) is 0 Å². The smallest absolute Gasteiger partial charge is 0.306 e. The van der Waals surface area contributed by atoms with Crippen molar-refractivity contribution in [3.63, 3.8) is 0 Å². The van der Waals surface area contributed by atoms with Crippen molar-refractivity contribution in [3.8, 4) is 0 Å². The minimum absolute atomic E-state index is 0.0825. The average Bonchev–Trinajstić information content (AvgIpc) is 3.44. The third-order valence-corrected chi connectivity index (χ3v) is 15.0. The van der Waals surface area contributed by atoms with Crippen LogP contribution in [0.5, 0.6) is 0 Å². The molecule has 1 unspecified atom stereocenters. The molecule has 6 heteroatoms. The Morgan fingerprint density at radius 3 is 0.782 bits per heavy atom. The molecule has 0 fully saturated rings. The molecule has 0 aromatic rings. The maximum atomic E-state index is 12.9. The Kier molecular flexibility index (Phi) is 63.7. The first-order valence-corrected chi connectivity index (χ1v) is 33.9. The largest absolute Gasteiger partial charge is 0.462 e. The standard InChI is InChI=1S/C72H128O6/c1-4-7-10-13-16-18-20-22-24-26-28-30-32-33-34-35-36-37-38-40-41-43-45-47-49-51-53-56-59-62-65-71(74)77-68-69(67-76-70(73)64-61-58-55-15-12-9-6-3)78-72(75)66-63-60-57-54-52-50-48-46-44-42-39-31-29-27-25-23-21-19-17-14-11-8-5-2/h8,11,17,19,23,25,29,31,42,44,48,50,69H,4-7,9-10,12-16,18,20-22,24,26-28,30,32-41,43,45-47,49,51-68H2,1-3H3/b11-8-,19-17-,25-23-,31-29-,44-42-,50-48-. The Labute approximate surface area is 484 Å².